The van der Waals surface area contributed by atoms with Crippen LogP contribution in [0.1, 0.15) is 56.4 Å². The maximum Gasteiger partial charge on any atom is 0.107 e. The Morgan fingerprint density at radius 1 is 0.840 bits per heavy atom. The topological polar surface area (TPSA) is 20.2 Å². The van der Waals surface area contributed by atoms with Crippen molar-refractivity contribution in [1.29, 1.82) is 0 Å². The van der Waals surface area contributed by atoms with E-state index in [1.54, 1.807) is 0 Å². The quantitative estimate of drug-likeness (QED) is 0.742. The molecule has 2 aromatic carbocycles. The Hall–Kier alpha value is -1.41. The molecule has 3 atom stereocenters. The molecule has 0 bridgehead atoms. The van der Waals surface area contributed by atoms with Crippen molar-refractivity contribution in [3.63, 3.8) is 0 Å². The molecule has 0 aliphatic heterocycles. The lowest BCUT2D eigenvalue weighted by Gasteiger charge is -2.39. The third-order valence-corrected chi connectivity index (χ3v) is 6.83. The molecule has 3 unspecified atom stereocenters. The molecule has 4 rings (SSSR count). The molecule has 0 saturated heterocycles. The second-order valence-corrected chi connectivity index (χ2v) is 8.27. The van der Waals surface area contributed by atoms with Crippen LogP contribution in [0.2, 0.25) is 0 Å². The molecule has 0 radical (unpaired) electrons. The molecule has 0 spiro atoms. The van der Waals surface area contributed by atoms with Gasteiger partial charge in [-0.1, -0.05) is 42.5 Å². The van der Waals surface area contributed by atoms with Gasteiger partial charge in [-0.3, -0.25) is 0 Å². The predicted molar refractivity (Wildman–Crippen MR) is 101 cm³/mol. The van der Waals surface area contributed by atoms with E-state index in [1.807, 2.05) is 0 Å². The fourth-order valence-corrected chi connectivity index (χ4v) is 5.23. The lowest BCUT2D eigenvalue weighted by Crippen LogP contribution is -2.31. The number of hydrogen-bond acceptors (Lipinski definition) is 1. The highest BCUT2D eigenvalue weighted by Gasteiger charge is 2.36. The van der Waals surface area contributed by atoms with Crippen LogP contribution in [-0.4, -0.2) is 17.9 Å². The highest BCUT2D eigenvalue weighted by molar-refractivity contribution is 5.83. The van der Waals surface area contributed by atoms with E-state index in [0.29, 0.717) is 24.4 Å². The third kappa shape index (κ3) is 3.60. The fraction of sp³-hybridized carbons (Fsp3) is 0.565. The molecule has 2 fully saturated rings. The first-order valence-electron chi connectivity index (χ1n) is 9.98. The molecule has 2 aliphatic carbocycles. The number of halogens is 1. The van der Waals surface area contributed by atoms with Crippen molar-refractivity contribution in [3.05, 3.63) is 48.0 Å². The van der Waals surface area contributed by atoms with E-state index in [9.17, 15) is 5.11 Å². The molecule has 134 valence electrons. The first kappa shape index (κ1) is 17.0. The van der Waals surface area contributed by atoms with E-state index in [1.165, 1.54) is 29.2 Å². The summed E-state index contributed by atoms with van der Waals surface area (Å²) in [4.78, 5) is 0. The van der Waals surface area contributed by atoms with E-state index in [4.69, 9.17) is 0 Å². The van der Waals surface area contributed by atoms with E-state index < -0.39 is 6.17 Å². The highest BCUT2D eigenvalue weighted by Crippen LogP contribution is 2.45. The van der Waals surface area contributed by atoms with E-state index in [-0.39, 0.29) is 5.92 Å². The second-order valence-electron chi connectivity index (χ2n) is 8.27. The highest BCUT2D eigenvalue weighted by atomic mass is 19.1. The first-order chi connectivity index (χ1) is 12.2. The Labute approximate surface area is 150 Å². The Kier molecular flexibility index (Phi) is 5.08. The van der Waals surface area contributed by atoms with Crippen molar-refractivity contribution in [3.8, 4) is 0 Å². The van der Waals surface area contributed by atoms with Gasteiger partial charge in [-0.2, -0.15) is 0 Å². The van der Waals surface area contributed by atoms with E-state index in [0.717, 1.165) is 32.1 Å². The van der Waals surface area contributed by atoms with Crippen LogP contribution < -0.4 is 0 Å². The summed E-state index contributed by atoms with van der Waals surface area (Å²) in [6, 6.07) is 14.8. The summed E-state index contributed by atoms with van der Waals surface area (Å²) in [7, 11) is 0. The summed E-state index contributed by atoms with van der Waals surface area (Å²) >= 11 is 0. The molecule has 0 heterocycles. The molecule has 1 nitrogen and oxygen atoms in total. The van der Waals surface area contributed by atoms with Crippen LogP contribution in [0.4, 0.5) is 4.39 Å². The first-order valence-corrected chi connectivity index (χ1v) is 9.98. The molecule has 1 N–H and O–H groups in total. The van der Waals surface area contributed by atoms with Crippen LogP contribution in [0.3, 0.4) is 0 Å². The van der Waals surface area contributed by atoms with Crippen LogP contribution in [0.25, 0.3) is 10.8 Å². The van der Waals surface area contributed by atoms with Crippen LogP contribution in [-0.2, 0) is 0 Å². The lowest BCUT2D eigenvalue weighted by molar-refractivity contribution is 0.0897. The van der Waals surface area contributed by atoms with Crippen LogP contribution in [0.5, 0.6) is 0 Å². The van der Waals surface area contributed by atoms with E-state index in [2.05, 4.69) is 42.5 Å². The Bertz CT molecular complexity index is 704. The molecule has 2 heteroatoms. The summed E-state index contributed by atoms with van der Waals surface area (Å²) in [5, 5.41) is 11.8. The number of hydrogen-bond donors (Lipinski definition) is 1. The van der Waals surface area contributed by atoms with Crippen molar-refractivity contribution < 1.29 is 9.50 Å². The summed E-state index contributed by atoms with van der Waals surface area (Å²) in [6.07, 6.45) is 6.77. The van der Waals surface area contributed by atoms with Crippen molar-refractivity contribution in [2.45, 2.75) is 57.0 Å². The summed E-state index contributed by atoms with van der Waals surface area (Å²) < 4.78 is 15.0. The number of fused-ring (bicyclic) bond motifs is 1. The zero-order valence-corrected chi connectivity index (χ0v) is 14.9. The lowest BCUT2D eigenvalue weighted by atomic mass is 9.68. The van der Waals surface area contributed by atoms with Crippen LogP contribution >= 0.6 is 0 Å². The van der Waals surface area contributed by atoms with Crippen molar-refractivity contribution in [2.75, 3.05) is 6.61 Å². The minimum atomic E-state index is -0.713. The predicted octanol–water partition coefficient (Wildman–Crippen LogP) is 5.86. The summed E-state index contributed by atoms with van der Waals surface area (Å²) in [5.41, 5.74) is 1.17. The van der Waals surface area contributed by atoms with Gasteiger partial charge < -0.3 is 5.11 Å². The monoisotopic (exact) mass is 340 g/mol. The summed E-state index contributed by atoms with van der Waals surface area (Å²) in [6.45, 7) is 0.327. The van der Waals surface area contributed by atoms with Crippen molar-refractivity contribution in [2.24, 2.45) is 17.8 Å². The minimum absolute atomic E-state index is 0.0645. The normalized spacial score (nSPS) is 33.4. The number of aliphatic hydroxyl groups is 1. The average Bonchev–Trinajstić information content (AvgIpc) is 2.67. The smallest absolute Gasteiger partial charge is 0.107 e. The van der Waals surface area contributed by atoms with Gasteiger partial charge >= 0.3 is 0 Å². The van der Waals surface area contributed by atoms with Gasteiger partial charge in [0.05, 0.1) is 0 Å². The van der Waals surface area contributed by atoms with Gasteiger partial charge in [0.2, 0.25) is 0 Å². The number of aliphatic hydroxyl groups excluding tert-OH is 1. The number of rotatable bonds is 3. The van der Waals surface area contributed by atoms with E-state index >= 15 is 4.39 Å². The fourth-order valence-electron chi connectivity index (χ4n) is 5.23. The molecule has 25 heavy (non-hydrogen) atoms. The molecule has 2 aromatic rings. The standard InChI is InChI=1S/C23H29FO/c24-23-14-20(18-7-5-16(15-25)6-8-18)11-12-22(23)21-10-9-17-3-1-2-4-19(17)13-21/h1-4,9-10,13,16,18,20,22-23,25H,5-8,11-12,14-15H2. The van der Waals surface area contributed by atoms with Gasteiger partial charge in [-0.15, -0.1) is 0 Å². The van der Waals surface area contributed by atoms with Crippen molar-refractivity contribution in [1.82, 2.24) is 0 Å². The maximum atomic E-state index is 15.0. The molecular weight excluding hydrogens is 311 g/mol. The van der Waals surface area contributed by atoms with Gasteiger partial charge in [0, 0.05) is 12.5 Å². The summed E-state index contributed by atoms with van der Waals surface area (Å²) in [5.74, 6) is 1.78. The third-order valence-electron chi connectivity index (χ3n) is 6.83. The van der Waals surface area contributed by atoms with Gasteiger partial charge in [0.1, 0.15) is 6.17 Å². The van der Waals surface area contributed by atoms with Gasteiger partial charge in [0.25, 0.3) is 0 Å². The van der Waals surface area contributed by atoms with Gasteiger partial charge in [-0.25, -0.2) is 4.39 Å². The van der Waals surface area contributed by atoms with Gasteiger partial charge in [0.15, 0.2) is 0 Å². The number of benzene rings is 2. The number of alkyl halides is 1. The molecule has 2 aliphatic rings. The Balaban J connectivity index is 1.42. The van der Waals surface area contributed by atoms with Crippen LogP contribution in [0, 0.1) is 17.8 Å². The molecule has 2 saturated carbocycles. The maximum absolute atomic E-state index is 15.0. The average molecular weight is 340 g/mol. The van der Waals surface area contributed by atoms with Gasteiger partial charge in [-0.05, 0) is 79.0 Å². The van der Waals surface area contributed by atoms with Crippen LogP contribution in [0.15, 0.2) is 42.5 Å². The molecular formula is C23H29FO. The largest absolute Gasteiger partial charge is 0.396 e. The SMILES string of the molecule is OCC1CCC(C2CCC(c3ccc4ccccc4c3)C(F)C2)CC1. The Morgan fingerprint density at radius 2 is 1.56 bits per heavy atom. The zero-order chi connectivity index (χ0) is 17.2. The van der Waals surface area contributed by atoms with Crippen molar-refractivity contribution >= 4 is 10.8 Å². The second kappa shape index (κ2) is 7.45. The molecule has 0 amide bonds. The molecule has 0 aromatic heterocycles. The minimum Gasteiger partial charge on any atom is -0.396 e. The zero-order valence-electron chi connectivity index (χ0n) is 14.9. The Morgan fingerprint density at radius 3 is 2.28 bits per heavy atom.